The predicted molar refractivity (Wildman–Crippen MR) is 79.8 cm³/mol. The summed E-state index contributed by atoms with van der Waals surface area (Å²) in [5.74, 6) is 1.15. The molecule has 0 radical (unpaired) electrons. The molecule has 4 heteroatoms. The number of hydrogen-bond donors (Lipinski definition) is 1. The lowest BCUT2D eigenvalue weighted by atomic mass is 9.99. The number of aliphatic hydroxyl groups is 1. The summed E-state index contributed by atoms with van der Waals surface area (Å²) >= 11 is 0. The number of furan rings is 1. The quantitative estimate of drug-likeness (QED) is 0.796. The first-order valence-corrected chi connectivity index (χ1v) is 6.61. The molecule has 0 fully saturated rings. The largest absolute Gasteiger partial charge is 0.496 e. The van der Waals surface area contributed by atoms with Gasteiger partial charge >= 0.3 is 0 Å². The Balaban J connectivity index is 2.16. The third-order valence-corrected chi connectivity index (χ3v) is 3.54. The van der Waals surface area contributed by atoms with Crippen molar-refractivity contribution >= 4 is 11.0 Å². The molecule has 1 aromatic heterocycles. The van der Waals surface area contributed by atoms with Gasteiger partial charge in [0.25, 0.3) is 0 Å². The first-order chi connectivity index (χ1) is 10.3. The topological polar surface area (TPSA) is 51.8 Å². The number of ether oxygens (including phenoxy) is 2. The highest BCUT2D eigenvalue weighted by Gasteiger charge is 2.23. The standard InChI is InChI=1S/C17H16O4/c1-19-14-8-5-9-15(20-2)16(14)17(18)12-10-21-13-7-4-3-6-11(12)13/h3-10,17-18H,1-2H3. The number of methoxy groups -OCH3 is 2. The van der Waals surface area contributed by atoms with Crippen LogP contribution in [0.5, 0.6) is 11.5 Å². The summed E-state index contributed by atoms with van der Waals surface area (Å²) < 4.78 is 16.2. The van der Waals surface area contributed by atoms with E-state index in [1.54, 1.807) is 32.6 Å². The van der Waals surface area contributed by atoms with Crippen LogP contribution in [0.25, 0.3) is 11.0 Å². The Bertz CT molecular complexity index is 738. The zero-order valence-electron chi connectivity index (χ0n) is 11.9. The SMILES string of the molecule is COc1cccc(OC)c1C(O)c1coc2ccccc12. The molecule has 1 atom stereocenters. The smallest absolute Gasteiger partial charge is 0.134 e. The van der Waals surface area contributed by atoms with Crippen molar-refractivity contribution in [1.29, 1.82) is 0 Å². The third-order valence-electron chi connectivity index (χ3n) is 3.54. The molecular weight excluding hydrogens is 268 g/mol. The third kappa shape index (κ3) is 2.23. The van der Waals surface area contributed by atoms with Gasteiger partial charge in [-0.2, -0.15) is 0 Å². The van der Waals surface area contributed by atoms with Gasteiger partial charge in [-0.3, -0.25) is 0 Å². The van der Waals surface area contributed by atoms with Crippen LogP contribution in [0.3, 0.4) is 0 Å². The minimum Gasteiger partial charge on any atom is -0.496 e. The summed E-state index contributed by atoms with van der Waals surface area (Å²) in [6.45, 7) is 0. The number of aliphatic hydroxyl groups excluding tert-OH is 1. The van der Waals surface area contributed by atoms with E-state index in [-0.39, 0.29) is 0 Å². The molecule has 0 amide bonds. The molecule has 0 saturated carbocycles. The molecule has 108 valence electrons. The summed E-state index contributed by atoms with van der Waals surface area (Å²) in [4.78, 5) is 0. The maximum absolute atomic E-state index is 10.8. The summed E-state index contributed by atoms with van der Waals surface area (Å²) in [5.41, 5.74) is 2.02. The van der Waals surface area contributed by atoms with E-state index in [9.17, 15) is 5.11 Å². The van der Waals surface area contributed by atoms with Crippen LogP contribution in [0, 0.1) is 0 Å². The molecule has 3 rings (SSSR count). The molecule has 21 heavy (non-hydrogen) atoms. The van der Waals surface area contributed by atoms with Crippen LogP contribution in [0.15, 0.2) is 53.1 Å². The Morgan fingerprint density at radius 2 is 1.62 bits per heavy atom. The van der Waals surface area contributed by atoms with Crippen LogP contribution in [-0.2, 0) is 0 Å². The second kappa shape index (κ2) is 5.50. The maximum Gasteiger partial charge on any atom is 0.134 e. The van der Waals surface area contributed by atoms with Gasteiger partial charge in [-0.15, -0.1) is 0 Å². The number of rotatable bonds is 4. The van der Waals surface area contributed by atoms with Gasteiger partial charge in [0.15, 0.2) is 0 Å². The first kappa shape index (κ1) is 13.5. The molecule has 0 spiro atoms. The number of hydrogen-bond acceptors (Lipinski definition) is 4. The van der Waals surface area contributed by atoms with Crippen molar-refractivity contribution in [3.8, 4) is 11.5 Å². The maximum atomic E-state index is 10.8. The Hall–Kier alpha value is -2.46. The van der Waals surface area contributed by atoms with Crippen LogP contribution in [-0.4, -0.2) is 19.3 Å². The zero-order valence-corrected chi connectivity index (χ0v) is 11.9. The fourth-order valence-corrected chi connectivity index (χ4v) is 2.51. The molecule has 4 nitrogen and oxygen atoms in total. The van der Waals surface area contributed by atoms with Gasteiger partial charge in [0.05, 0.1) is 26.0 Å². The highest BCUT2D eigenvalue weighted by atomic mass is 16.5. The highest BCUT2D eigenvalue weighted by molar-refractivity contribution is 5.82. The molecular formula is C17H16O4. The molecule has 1 N–H and O–H groups in total. The van der Waals surface area contributed by atoms with Gasteiger partial charge in [0, 0.05) is 10.9 Å². The van der Waals surface area contributed by atoms with Crippen molar-refractivity contribution in [2.75, 3.05) is 14.2 Å². The van der Waals surface area contributed by atoms with Gasteiger partial charge in [0.1, 0.15) is 23.2 Å². The van der Waals surface area contributed by atoms with Crippen molar-refractivity contribution in [1.82, 2.24) is 0 Å². The second-order valence-electron chi connectivity index (χ2n) is 4.67. The van der Waals surface area contributed by atoms with Crippen molar-refractivity contribution in [3.05, 3.63) is 59.9 Å². The molecule has 1 heterocycles. The average Bonchev–Trinajstić information content (AvgIpc) is 2.97. The average molecular weight is 284 g/mol. The zero-order chi connectivity index (χ0) is 14.8. The van der Waals surface area contributed by atoms with Gasteiger partial charge < -0.3 is 19.0 Å². The Kier molecular flexibility index (Phi) is 3.54. The van der Waals surface area contributed by atoms with Crippen molar-refractivity contribution in [3.63, 3.8) is 0 Å². The fraction of sp³-hybridized carbons (Fsp3) is 0.176. The van der Waals surface area contributed by atoms with Crippen LogP contribution in [0.1, 0.15) is 17.2 Å². The van der Waals surface area contributed by atoms with Crippen molar-refractivity contribution < 1.29 is 19.0 Å². The van der Waals surface area contributed by atoms with E-state index >= 15 is 0 Å². The summed E-state index contributed by atoms with van der Waals surface area (Å²) in [6, 6.07) is 13.0. The van der Waals surface area contributed by atoms with Crippen molar-refractivity contribution in [2.24, 2.45) is 0 Å². The lowest BCUT2D eigenvalue weighted by molar-refractivity contribution is 0.209. The number of fused-ring (bicyclic) bond motifs is 1. The Morgan fingerprint density at radius 1 is 0.952 bits per heavy atom. The van der Waals surface area contributed by atoms with Crippen LogP contribution >= 0.6 is 0 Å². The van der Waals surface area contributed by atoms with Crippen LogP contribution < -0.4 is 9.47 Å². The van der Waals surface area contributed by atoms with Gasteiger partial charge in [0.2, 0.25) is 0 Å². The summed E-state index contributed by atoms with van der Waals surface area (Å²) in [5, 5.41) is 11.7. The van der Waals surface area contributed by atoms with Gasteiger partial charge in [-0.05, 0) is 18.2 Å². The monoisotopic (exact) mass is 284 g/mol. The van der Waals surface area contributed by atoms with E-state index in [1.165, 1.54) is 0 Å². The van der Waals surface area contributed by atoms with E-state index < -0.39 is 6.10 Å². The lowest BCUT2D eigenvalue weighted by Crippen LogP contribution is -2.04. The molecule has 1 unspecified atom stereocenters. The number of benzene rings is 2. The predicted octanol–water partition coefficient (Wildman–Crippen LogP) is 3.53. The van der Waals surface area contributed by atoms with E-state index in [0.29, 0.717) is 22.6 Å². The second-order valence-corrected chi connectivity index (χ2v) is 4.67. The molecule has 0 aliphatic carbocycles. The lowest BCUT2D eigenvalue weighted by Gasteiger charge is -2.17. The van der Waals surface area contributed by atoms with E-state index in [4.69, 9.17) is 13.9 Å². The Labute approximate surface area is 122 Å². The molecule has 0 aliphatic rings. The van der Waals surface area contributed by atoms with Gasteiger partial charge in [-0.25, -0.2) is 0 Å². The molecule has 2 aromatic carbocycles. The molecule has 3 aromatic rings. The van der Waals surface area contributed by atoms with E-state index in [1.807, 2.05) is 30.3 Å². The normalized spacial score (nSPS) is 12.3. The molecule has 0 aliphatic heterocycles. The summed E-state index contributed by atoms with van der Waals surface area (Å²) in [7, 11) is 3.14. The first-order valence-electron chi connectivity index (χ1n) is 6.61. The van der Waals surface area contributed by atoms with Gasteiger partial charge in [-0.1, -0.05) is 24.3 Å². The summed E-state index contributed by atoms with van der Waals surface area (Å²) in [6.07, 6.45) is 0.682. The van der Waals surface area contributed by atoms with E-state index in [0.717, 1.165) is 11.0 Å². The molecule has 0 saturated heterocycles. The minimum absolute atomic E-state index is 0.576. The van der Waals surface area contributed by atoms with Crippen LogP contribution in [0.4, 0.5) is 0 Å². The van der Waals surface area contributed by atoms with Crippen LogP contribution in [0.2, 0.25) is 0 Å². The Morgan fingerprint density at radius 3 is 2.29 bits per heavy atom. The van der Waals surface area contributed by atoms with E-state index in [2.05, 4.69) is 0 Å². The number of para-hydroxylation sites is 1. The fourth-order valence-electron chi connectivity index (χ4n) is 2.51. The van der Waals surface area contributed by atoms with Crippen molar-refractivity contribution in [2.45, 2.75) is 6.10 Å². The minimum atomic E-state index is -0.889. The highest BCUT2D eigenvalue weighted by Crippen LogP contribution is 2.39. The molecule has 0 bridgehead atoms.